The molecule has 6 heteroatoms. The molecule has 0 amide bonds. The molecule has 104 valence electrons. The predicted molar refractivity (Wildman–Crippen MR) is 74.8 cm³/mol. The van der Waals surface area contributed by atoms with Crippen molar-refractivity contribution in [3.05, 3.63) is 39.8 Å². The Kier molecular flexibility index (Phi) is 4.05. The zero-order valence-corrected chi connectivity index (χ0v) is 11.7. The first kappa shape index (κ1) is 14.1. The van der Waals surface area contributed by atoms with Crippen molar-refractivity contribution >= 4 is 29.4 Å². The first-order chi connectivity index (χ1) is 9.52. The summed E-state index contributed by atoms with van der Waals surface area (Å²) in [7, 11) is 1.32. The molecule has 0 saturated heterocycles. The molecule has 0 fully saturated rings. The molecule has 0 atom stereocenters. The number of carboxylic acid groups (broad SMARTS) is 1. The molecule has 0 saturated carbocycles. The van der Waals surface area contributed by atoms with Crippen LogP contribution in [-0.2, 0) is 9.53 Å². The molecule has 2 heterocycles. The molecule has 5 nitrogen and oxygen atoms in total. The van der Waals surface area contributed by atoms with E-state index in [9.17, 15) is 9.59 Å². The second-order valence-corrected chi connectivity index (χ2v) is 4.87. The fourth-order valence-corrected chi connectivity index (χ4v) is 2.70. The van der Waals surface area contributed by atoms with E-state index in [0.29, 0.717) is 22.0 Å². The minimum absolute atomic E-state index is 0.406. The molecule has 1 N–H and O–H groups in total. The summed E-state index contributed by atoms with van der Waals surface area (Å²) in [5.41, 5.74) is 1.58. The van der Waals surface area contributed by atoms with E-state index in [1.54, 1.807) is 12.1 Å². The standard InChI is InChI=1S/C14H12O5S/c1-8-7-20-13(14(17)18-2)12(8)10-5-3-9(19-10)4-6-11(15)16/h3-7H,1-2H3,(H,15,16)/b6-4+. The molecule has 0 bridgehead atoms. The Balaban J connectivity index is 2.40. The Morgan fingerprint density at radius 2 is 2.15 bits per heavy atom. The highest BCUT2D eigenvalue weighted by molar-refractivity contribution is 7.12. The van der Waals surface area contributed by atoms with E-state index in [0.717, 1.165) is 11.6 Å². The van der Waals surface area contributed by atoms with Crippen LogP contribution in [0.3, 0.4) is 0 Å². The summed E-state index contributed by atoms with van der Waals surface area (Å²) in [6.45, 7) is 1.87. The van der Waals surface area contributed by atoms with Gasteiger partial charge >= 0.3 is 11.9 Å². The van der Waals surface area contributed by atoms with Crippen LogP contribution in [-0.4, -0.2) is 24.2 Å². The summed E-state index contributed by atoms with van der Waals surface area (Å²) in [5.74, 6) is -0.556. The van der Waals surface area contributed by atoms with Gasteiger partial charge < -0.3 is 14.3 Å². The van der Waals surface area contributed by atoms with Crippen LogP contribution in [0.4, 0.5) is 0 Å². The van der Waals surface area contributed by atoms with Crippen molar-refractivity contribution in [1.29, 1.82) is 0 Å². The number of ether oxygens (including phenoxy) is 1. The second-order valence-electron chi connectivity index (χ2n) is 3.99. The third kappa shape index (κ3) is 2.80. The number of hydrogen-bond acceptors (Lipinski definition) is 5. The fourth-order valence-electron chi connectivity index (χ4n) is 1.72. The monoisotopic (exact) mass is 292 g/mol. The maximum Gasteiger partial charge on any atom is 0.348 e. The lowest BCUT2D eigenvalue weighted by atomic mass is 10.1. The molecular weight excluding hydrogens is 280 g/mol. The van der Waals surface area contributed by atoms with Crippen LogP contribution in [0.15, 0.2) is 28.0 Å². The predicted octanol–water partition coefficient (Wildman–Crippen LogP) is 3.20. The maximum atomic E-state index is 11.7. The first-order valence-electron chi connectivity index (χ1n) is 5.70. The molecule has 0 spiro atoms. The maximum absolute atomic E-state index is 11.7. The molecule has 0 radical (unpaired) electrons. The number of rotatable bonds is 4. The lowest BCUT2D eigenvalue weighted by Crippen LogP contribution is -1.99. The highest BCUT2D eigenvalue weighted by Crippen LogP contribution is 2.34. The van der Waals surface area contributed by atoms with Crippen molar-refractivity contribution in [2.75, 3.05) is 7.11 Å². The molecule has 0 aliphatic carbocycles. The number of furan rings is 1. The van der Waals surface area contributed by atoms with Gasteiger partial charge in [-0.3, -0.25) is 0 Å². The van der Waals surface area contributed by atoms with Gasteiger partial charge in [0.2, 0.25) is 0 Å². The van der Waals surface area contributed by atoms with Crippen LogP contribution in [0.5, 0.6) is 0 Å². The van der Waals surface area contributed by atoms with E-state index in [2.05, 4.69) is 0 Å². The van der Waals surface area contributed by atoms with Crippen LogP contribution < -0.4 is 0 Å². The average molecular weight is 292 g/mol. The largest absolute Gasteiger partial charge is 0.478 e. The smallest absolute Gasteiger partial charge is 0.348 e. The van der Waals surface area contributed by atoms with Crippen LogP contribution in [0, 0.1) is 6.92 Å². The molecule has 0 aliphatic rings. The number of carbonyl (C=O) groups excluding carboxylic acids is 1. The van der Waals surface area contributed by atoms with E-state index >= 15 is 0 Å². The van der Waals surface area contributed by atoms with Gasteiger partial charge in [0.05, 0.1) is 7.11 Å². The quantitative estimate of drug-likeness (QED) is 0.691. The normalized spacial score (nSPS) is 10.9. The third-order valence-corrected chi connectivity index (χ3v) is 3.69. The molecule has 0 aromatic carbocycles. The Morgan fingerprint density at radius 3 is 2.80 bits per heavy atom. The molecule has 2 rings (SSSR count). The van der Waals surface area contributed by atoms with Crippen LogP contribution in [0.1, 0.15) is 21.0 Å². The van der Waals surface area contributed by atoms with Gasteiger partial charge in [0.1, 0.15) is 16.4 Å². The van der Waals surface area contributed by atoms with Crippen molar-refractivity contribution < 1.29 is 23.8 Å². The Labute approximate surface area is 119 Å². The number of carboxylic acids is 1. The zero-order chi connectivity index (χ0) is 14.7. The van der Waals surface area contributed by atoms with E-state index < -0.39 is 11.9 Å². The molecular formula is C14H12O5S. The van der Waals surface area contributed by atoms with Crippen molar-refractivity contribution in [1.82, 2.24) is 0 Å². The van der Waals surface area contributed by atoms with E-state index in [1.807, 2.05) is 12.3 Å². The van der Waals surface area contributed by atoms with E-state index in [-0.39, 0.29) is 0 Å². The number of aryl methyl sites for hydroxylation is 1. The number of aliphatic carboxylic acids is 1. The van der Waals surface area contributed by atoms with Crippen LogP contribution in [0.25, 0.3) is 17.4 Å². The Hall–Kier alpha value is -2.34. The van der Waals surface area contributed by atoms with E-state index in [4.69, 9.17) is 14.3 Å². The van der Waals surface area contributed by atoms with Crippen LogP contribution in [0.2, 0.25) is 0 Å². The number of esters is 1. The van der Waals surface area contributed by atoms with Gasteiger partial charge in [-0.25, -0.2) is 9.59 Å². The highest BCUT2D eigenvalue weighted by Gasteiger charge is 2.20. The van der Waals surface area contributed by atoms with Gasteiger partial charge in [-0.2, -0.15) is 0 Å². The topological polar surface area (TPSA) is 76.7 Å². The summed E-state index contributed by atoms with van der Waals surface area (Å²) in [6.07, 6.45) is 2.34. The summed E-state index contributed by atoms with van der Waals surface area (Å²) in [4.78, 5) is 22.6. The third-order valence-electron chi connectivity index (χ3n) is 2.61. The average Bonchev–Trinajstić information content (AvgIpc) is 3.01. The summed E-state index contributed by atoms with van der Waals surface area (Å²) in [6, 6.07) is 3.34. The first-order valence-corrected chi connectivity index (χ1v) is 6.58. The van der Waals surface area contributed by atoms with Gasteiger partial charge in [-0.1, -0.05) is 0 Å². The summed E-state index contributed by atoms with van der Waals surface area (Å²) in [5, 5.41) is 10.4. The molecule has 0 unspecified atom stereocenters. The van der Waals surface area contributed by atoms with E-state index in [1.165, 1.54) is 24.5 Å². The molecule has 20 heavy (non-hydrogen) atoms. The minimum atomic E-state index is -1.05. The fraction of sp³-hybridized carbons (Fsp3) is 0.143. The van der Waals surface area contributed by atoms with Gasteiger partial charge in [-0.05, 0) is 36.1 Å². The lowest BCUT2D eigenvalue weighted by Gasteiger charge is -2.00. The Morgan fingerprint density at radius 1 is 1.40 bits per heavy atom. The summed E-state index contributed by atoms with van der Waals surface area (Å²) < 4.78 is 10.3. The summed E-state index contributed by atoms with van der Waals surface area (Å²) >= 11 is 1.28. The van der Waals surface area contributed by atoms with Gasteiger partial charge in [0, 0.05) is 11.6 Å². The van der Waals surface area contributed by atoms with Crippen molar-refractivity contribution in [2.45, 2.75) is 6.92 Å². The van der Waals surface area contributed by atoms with Gasteiger partial charge in [-0.15, -0.1) is 11.3 Å². The van der Waals surface area contributed by atoms with Gasteiger partial charge in [0.25, 0.3) is 0 Å². The highest BCUT2D eigenvalue weighted by atomic mass is 32.1. The molecule has 0 aliphatic heterocycles. The van der Waals surface area contributed by atoms with Crippen molar-refractivity contribution in [3.63, 3.8) is 0 Å². The number of hydrogen-bond donors (Lipinski definition) is 1. The SMILES string of the molecule is COC(=O)c1scc(C)c1-c1ccc(/C=C/C(=O)O)o1. The number of carbonyl (C=O) groups is 2. The number of thiophene rings is 1. The van der Waals surface area contributed by atoms with Gasteiger partial charge in [0.15, 0.2) is 0 Å². The minimum Gasteiger partial charge on any atom is -0.478 e. The molecule has 2 aromatic rings. The van der Waals surface area contributed by atoms with Crippen molar-refractivity contribution in [3.8, 4) is 11.3 Å². The lowest BCUT2D eigenvalue weighted by molar-refractivity contribution is -0.131. The van der Waals surface area contributed by atoms with Crippen LogP contribution >= 0.6 is 11.3 Å². The Bertz CT molecular complexity index is 678. The zero-order valence-electron chi connectivity index (χ0n) is 10.9. The number of methoxy groups -OCH3 is 1. The second kappa shape index (κ2) is 5.75. The molecule has 2 aromatic heterocycles. The van der Waals surface area contributed by atoms with Crippen molar-refractivity contribution in [2.24, 2.45) is 0 Å².